The maximum atomic E-state index is 12.9. The van der Waals surface area contributed by atoms with Crippen molar-refractivity contribution >= 4 is 10.0 Å². The Bertz CT molecular complexity index is 1530. The molecule has 1 aliphatic heterocycles. The van der Waals surface area contributed by atoms with E-state index >= 15 is 0 Å². The summed E-state index contributed by atoms with van der Waals surface area (Å²) in [7, 11) is -3.53. The normalized spacial score (nSPS) is 14.4. The van der Waals surface area contributed by atoms with Crippen molar-refractivity contribution in [2.24, 2.45) is 0 Å². The van der Waals surface area contributed by atoms with Gasteiger partial charge in [0.2, 0.25) is 10.0 Å². The van der Waals surface area contributed by atoms with E-state index in [0.717, 1.165) is 24.1 Å². The van der Waals surface area contributed by atoms with Gasteiger partial charge >= 0.3 is 6.18 Å². The molecular formula is C27H22F3N3O2S. The Labute approximate surface area is 207 Å². The van der Waals surface area contributed by atoms with Crippen molar-refractivity contribution in [3.8, 4) is 33.8 Å². The number of aromatic nitrogens is 2. The van der Waals surface area contributed by atoms with E-state index < -0.39 is 21.8 Å². The van der Waals surface area contributed by atoms with Gasteiger partial charge < -0.3 is 0 Å². The Morgan fingerprint density at radius 3 is 2.11 bits per heavy atom. The molecule has 0 atom stereocenters. The summed E-state index contributed by atoms with van der Waals surface area (Å²) in [5.74, 6) is 0. The zero-order valence-electron chi connectivity index (χ0n) is 19.3. The number of aryl methyl sites for hydroxylation is 1. The van der Waals surface area contributed by atoms with Gasteiger partial charge in [0.25, 0.3) is 0 Å². The van der Waals surface area contributed by atoms with Crippen LogP contribution in [0.2, 0.25) is 0 Å². The quantitative estimate of drug-likeness (QED) is 0.321. The van der Waals surface area contributed by atoms with Crippen molar-refractivity contribution in [3.05, 3.63) is 90.1 Å². The number of sulfonamides is 1. The van der Waals surface area contributed by atoms with E-state index in [2.05, 4.69) is 4.98 Å². The number of halogens is 3. The molecule has 0 N–H and O–H groups in total. The predicted octanol–water partition coefficient (Wildman–Crippen LogP) is 6.20. The Hall–Kier alpha value is -3.56. The molecule has 0 spiro atoms. The number of nitrogens with zero attached hydrogens (tertiary/aromatic N) is 3. The lowest BCUT2D eigenvalue weighted by Gasteiger charge is -2.29. The molecule has 5 rings (SSSR count). The van der Waals surface area contributed by atoms with Crippen molar-refractivity contribution in [1.29, 1.82) is 0 Å². The zero-order valence-corrected chi connectivity index (χ0v) is 20.1. The van der Waals surface area contributed by atoms with Crippen LogP contribution in [0.3, 0.4) is 0 Å². The molecular weight excluding hydrogens is 487 g/mol. The van der Waals surface area contributed by atoms with Crippen molar-refractivity contribution in [3.63, 3.8) is 0 Å². The van der Waals surface area contributed by atoms with E-state index in [9.17, 15) is 21.6 Å². The highest BCUT2D eigenvalue weighted by atomic mass is 32.2. The van der Waals surface area contributed by atoms with Gasteiger partial charge in [0.05, 0.1) is 27.5 Å². The summed E-state index contributed by atoms with van der Waals surface area (Å²) in [4.78, 5) is 9.52. The smallest absolute Gasteiger partial charge is 0.251 e. The summed E-state index contributed by atoms with van der Waals surface area (Å²) >= 11 is 0. The highest BCUT2D eigenvalue weighted by molar-refractivity contribution is 7.89. The minimum Gasteiger partial charge on any atom is -0.251 e. The molecule has 0 amide bonds. The molecule has 1 fully saturated rings. The largest absolute Gasteiger partial charge is 0.416 e. The zero-order chi connectivity index (χ0) is 25.5. The third kappa shape index (κ3) is 4.76. The van der Waals surface area contributed by atoms with Crippen LogP contribution in [0.5, 0.6) is 0 Å². The van der Waals surface area contributed by atoms with E-state index in [0.29, 0.717) is 47.0 Å². The van der Waals surface area contributed by atoms with Crippen LogP contribution in [0.15, 0.2) is 83.8 Å². The van der Waals surface area contributed by atoms with Gasteiger partial charge in [0.15, 0.2) is 0 Å². The molecule has 9 heteroatoms. The number of hydrogen-bond acceptors (Lipinski definition) is 4. The lowest BCUT2D eigenvalue weighted by atomic mass is 10.0. The van der Waals surface area contributed by atoms with Crippen LogP contribution < -0.4 is 0 Å². The number of benzene rings is 2. The minimum absolute atomic E-state index is 0.227. The predicted molar refractivity (Wildman–Crippen MR) is 131 cm³/mol. The van der Waals surface area contributed by atoms with Crippen LogP contribution in [-0.2, 0) is 16.2 Å². The summed E-state index contributed by atoms with van der Waals surface area (Å²) in [6.45, 7) is 2.87. The second kappa shape index (κ2) is 9.15. The summed E-state index contributed by atoms with van der Waals surface area (Å²) in [5, 5.41) is 0. The monoisotopic (exact) mass is 509 g/mol. The molecule has 1 aliphatic rings. The molecule has 5 nitrogen and oxygen atoms in total. The molecule has 2 aromatic heterocycles. The first kappa shape index (κ1) is 24.1. The molecule has 2 aromatic carbocycles. The molecule has 184 valence electrons. The summed E-state index contributed by atoms with van der Waals surface area (Å²) in [6.07, 6.45) is -3.53. The highest BCUT2D eigenvalue weighted by Gasteiger charge is 2.30. The van der Waals surface area contributed by atoms with E-state index in [1.165, 1.54) is 16.4 Å². The van der Waals surface area contributed by atoms with Crippen LogP contribution in [0, 0.1) is 6.92 Å². The summed E-state index contributed by atoms with van der Waals surface area (Å²) in [6, 6.07) is 20.7. The van der Waals surface area contributed by atoms with Crippen LogP contribution in [-0.4, -0.2) is 35.8 Å². The van der Waals surface area contributed by atoms with Gasteiger partial charge in [-0.2, -0.15) is 17.5 Å². The maximum absolute atomic E-state index is 12.9. The van der Waals surface area contributed by atoms with E-state index in [-0.39, 0.29) is 4.90 Å². The van der Waals surface area contributed by atoms with Crippen molar-refractivity contribution in [1.82, 2.24) is 14.3 Å². The average molecular weight is 510 g/mol. The highest BCUT2D eigenvalue weighted by Crippen LogP contribution is 2.32. The number of alkyl halides is 3. The third-order valence-corrected chi connectivity index (χ3v) is 7.99. The molecule has 0 saturated carbocycles. The lowest BCUT2D eigenvalue weighted by molar-refractivity contribution is -0.137. The fourth-order valence-electron chi connectivity index (χ4n) is 4.05. The van der Waals surface area contributed by atoms with Crippen molar-refractivity contribution in [2.75, 3.05) is 13.1 Å². The van der Waals surface area contributed by atoms with E-state index in [1.807, 2.05) is 13.0 Å². The van der Waals surface area contributed by atoms with E-state index in [1.54, 1.807) is 48.5 Å². The summed E-state index contributed by atoms with van der Waals surface area (Å²) in [5.41, 5.74) is 3.73. The second-order valence-electron chi connectivity index (χ2n) is 8.65. The molecule has 0 radical (unpaired) electrons. The van der Waals surface area contributed by atoms with Gasteiger partial charge in [0.1, 0.15) is 0 Å². The Balaban J connectivity index is 1.49. The lowest BCUT2D eigenvalue weighted by Crippen LogP contribution is -2.41. The van der Waals surface area contributed by atoms with Crippen LogP contribution in [0.1, 0.15) is 17.7 Å². The Morgan fingerprint density at radius 2 is 1.44 bits per heavy atom. The second-order valence-corrected chi connectivity index (χ2v) is 10.6. The van der Waals surface area contributed by atoms with Crippen LogP contribution in [0.25, 0.3) is 33.8 Å². The minimum atomic E-state index is -4.39. The SMILES string of the molecule is Cc1cc(-c2ccc(C(F)(F)F)cc2)cc(-c2cccc(-c3cccc(S(=O)(=O)N4CCC4)c3)n2)n1. The van der Waals surface area contributed by atoms with Crippen LogP contribution >= 0.6 is 0 Å². The number of hydrogen-bond donors (Lipinski definition) is 0. The topological polar surface area (TPSA) is 63.2 Å². The van der Waals surface area contributed by atoms with Crippen LogP contribution in [0.4, 0.5) is 13.2 Å². The fourth-order valence-corrected chi connectivity index (χ4v) is 5.61. The van der Waals surface area contributed by atoms with Gasteiger partial charge in [-0.1, -0.05) is 30.3 Å². The van der Waals surface area contributed by atoms with Crippen molar-refractivity contribution < 1.29 is 21.6 Å². The third-order valence-electron chi connectivity index (χ3n) is 6.09. The average Bonchev–Trinajstić information content (AvgIpc) is 2.82. The van der Waals surface area contributed by atoms with Gasteiger partial charge in [-0.05, 0) is 73.0 Å². The molecule has 0 bridgehead atoms. The molecule has 1 saturated heterocycles. The molecule has 3 heterocycles. The molecule has 36 heavy (non-hydrogen) atoms. The fraction of sp³-hybridized carbons (Fsp3) is 0.185. The number of rotatable bonds is 5. The Morgan fingerprint density at radius 1 is 0.750 bits per heavy atom. The first-order chi connectivity index (χ1) is 17.1. The van der Waals surface area contributed by atoms with Gasteiger partial charge in [-0.25, -0.2) is 13.4 Å². The van der Waals surface area contributed by atoms with Gasteiger partial charge in [0, 0.05) is 24.3 Å². The standard InChI is InChI=1S/C27H22F3N3O2S/c1-18-15-21(19-9-11-22(12-10-19)27(28,29)30)17-26(31-18)25-8-3-7-24(32-25)20-5-2-6-23(16-20)36(34,35)33-13-4-14-33/h2-3,5-12,15-17H,4,13-14H2,1H3. The maximum Gasteiger partial charge on any atom is 0.416 e. The van der Waals surface area contributed by atoms with Gasteiger partial charge in [-0.15, -0.1) is 0 Å². The van der Waals surface area contributed by atoms with Crippen molar-refractivity contribution in [2.45, 2.75) is 24.4 Å². The molecule has 0 unspecified atom stereocenters. The molecule has 4 aromatic rings. The summed E-state index contributed by atoms with van der Waals surface area (Å²) < 4.78 is 65.9. The molecule has 0 aliphatic carbocycles. The first-order valence-corrected chi connectivity index (χ1v) is 12.8. The van der Waals surface area contributed by atoms with E-state index in [4.69, 9.17) is 4.98 Å². The van der Waals surface area contributed by atoms with Gasteiger partial charge in [-0.3, -0.25) is 4.98 Å². The number of pyridine rings is 2. The Kier molecular flexibility index (Phi) is 6.13. The first-order valence-electron chi connectivity index (χ1n) is 11.4.